The topological polar surface area (TPSA) is 49.8 Å². The third-order valence-electron chi connectivity index (χ3n) is 2.34. The highest BCUT2D eigenvalue weighted by Crippen LogP contribution is 2.23. The van der Waals surface area contributed by atoms with Crippen molar-refractivity contribution in [3.05, 3.63) is 34.6 Å². The average Bonchev–Trinajstić information content (AvgIpc) is 2.42. The van der Waals surface area contributed by atoms with Crippen LogP contribution in [0.2, 0.25) is 0 Å². The largest absolute Gasteiger partial charge is 0.373 e. The van der Waals surface area contributed by atoms with Crippen molar-refractivity contribution < 1.29 is 4.39 Å². The molecule has 2 N–H and O–H groups in total. The number of rotatable bonds is 4. The van der Waals surface area contributed by atoms with E-state index < -0.39 is 0 Å². The quantitative estimate of drug-likeness (QED) is 0.652. The fourth-order valence-corrected chi connectivity index (χ4v) is 2.06. The fourth-order valence-electron chi connectivity index (χ4n) is 1.43. The maximum absolute atomic E-state index is 13.4. The Labute approximate surface area is 123 Å². The van der Waals surface area contributed by atoms with Crippen molar-refractivity contribution in [3.63, 3.8) is 0 Å². The van der Waals surface area contributed by atoms with E-state index in [0.717, 1.165) is 0 Å². The van der Waals surface area contributed by atoms with Gasteiger partial charge in [-0.15, -0.1) is 0 Å². The Morgan fingerprint density at radius 2 is 1.95 bits per heavy atom. The second-order valence-electron chi connectivity index (χ2n) is 3.63. The molecule has 7 heteroatoms. The number of nitrogens with zero attached hydrogens (tertiary/aromatic N) is 2. The Hall–Kier alpha value is -1.34. The van der Waals surface area contributed by atoms with Crippen LogP contribution in [0.25, 0.3) is 0 Å². The molecule has 100 valence electrons. The number of hydrogen-bond donors (Lipinski definition) is 2. The van der Waals surface area contributed by atoms with E-state index in [9.17, 15) is 4.39 Å². The molecule has 0 bridgehead atoms. The van der Waals surface area contributed by atoms with Gasteiger partial charge < -0.3 is 10.6 Å². The minimum atomic E-state index is -0.321. The summed E-state index contributed by atoms with van der Waals surface area (Å²) in [4.78, 5) is 8.58. The van der Waals surface area contributed by atoms with Gasteiger partial charge in [0.15, 0.2) is 5.16 Å². The van der Waals surface area contributed by atoms with Gasteiger partial charge in [-0.1, -0.05) is 11.8 Å². The molecule has 0 aliphatic heterocycles. The molecule has 0 saturated heterocycles. The highest BCUT2D eigenvalue weighted by molar-refractivity contribution is 9.10. The first-order chi connectivity index (χ1) is 9.12. The maximum Gasteiger partial charge on any atom is 0.191 e. The van der Waals surface area contributed by atoms with E-state index in [1.807, 2.05) is 6.26 Å². The Kier molecular flexibility index (Phi) is 4.60. The van der Waals surface area contributed by atoms with Crippen LogP contribution in [0.1, 0.15) is 0 Å². The van der Waals surface area contributed by atoms with Crippen molar-refractivity contribution in [1.82, 2.24) is 9.97 Å². The Balaban J connectivity index is 2.29. The molecule has 0 spiro atoms. The smallest absolute Gasteiger partial charge is 0.191 e. The molecule has 0 aliphatic carbocycles. The number of hydrogen-bond acceptors (Lipinski definition) is 5. The molecule has 0 radical (unpaired) electrons. The normalized spacial score (nSPS) is 10.3. The molecule has 0 saturated carbocycles. The van der Waals surface area contributed by atoms with E-state index in [4.69, 9.17) is 0 Å². The second kappa shape index (κ2) is 6.21. The predicted molar refractivity (Wildman–Crippen MR) is 80.7 cm³/mol. The van der Waals surface area contributed by atoms with Crippen molar-refractivity contribution in [2.24, 2.45) is 0 Å². The van der Waals surface area contributed by atoms with Gasteiger partial charge in [0.05, 0.1) is 4.47 Å². The molecular weight excluding hydrogens is 331 g/mol. The predicted octanol–water partition coefficient (Wildman–Crippen LogP) is 3.89. The number of anilines is 3. The first kappa shape index (κ1) is 14.1. The summed E-state index contributed by atoms with van der Waals surface area (Å²) in [7, 11) is 1.79. The van der Waals surface area contributed by atoms with Crippen LogP contribution in [0.15, 0.2) is 33.9 Å². The van der Waals surface area contributed by atoms with Crippen LogP contribution < -0.4 is 10.6 Å². The van der Waals surface area contributed by atoms with Gasteiger partial charge in [0, 0.05) is 18.8 Å². The van der Waals surface area contributed by atoms with Gasteiger partial charge in [-0.05, 0) is 40.4 Å². The summed E-state index contributed by atoms with van der Waals surface area (Å²) in [6.45, 7) is 0. The van der Waals surface area contributed by atoms with Crippen LogP contribution in [0.3, 0.4) is 0 Å². The molecule has 0 fully saturated rings. The van der Waals surface area contributed by atoms with Crippen molar-refractivity contribution in [1.29, 1.82) is 0 Å². The zero-order valence-corrected chi connectivity index (χ0v) is 12.8. The van der Waals surface area contributed by atoms with E-state index >= 15 is 0 Å². The zero-order valence-electron chi connectivity index (χ0n) is 10.4. The first-order valence-corrected chi connectivity index (χ1v) is 7.47. The summed E-state index contributed by atoms with van der Waals surface area (Å²) in [6.07, 6.45) is 1.90. The number of thioether (sulfide) groups is 1. The first-order valence-electron chi connectivity index (χ1n) is 5.45. The van der Waals surface area contributed by atoms with Gasteiger partial charge in [0.25, 0.3) is 0 Å². The molecule has 0 unspecified atom stereocenters. The van der Waals surface area contributed by atoms with Crippen molar-refractivity contribution in [3.8, 4) is 0 Å². The second-order valence-corrected chi connectivity index (χ2v) is 5.26. The van der Waals surface area contributed by atoms with Crippen LogP contribution in [0.5, 0.6) is 0 Å². The van der Waals surface area contributed by atoms with Crippen LogP contribution >= 0.6 is 27.7 Å². The van der Waals surface area contributed by atoms with E-state index in [1.54, 1.807) is 25.2 Å². The summed E-state index contributed by atoms with van der Waals surface area (Å²) in [5, 5.41) is 6.66. The molecule has 19 heavy (non-hydrogen) atoms. The van der Waals surface area contributed by atoms with Gasteiger partial charge in [-0.3, -0.25) is 0 Å². The van der Waals surface area contributed by atoms with E-state index in [-0.39, 0.29) is 5.82 Å². The van der Waals surface area contributed by atoms with Crippen molar-refractivity contribution >= 4 is 45.0 Å². The molecule has 2 aromatic rings. The minimum Gasteiger partial charge on any atom is -0.373 e. The highest BCUT2D eigenvalue weighted by atomic mass is 79.9. The van der Waals surface area contributed by atoms with Gasteiger partial charge >= 0.3 is 0 Å². The molecular formula is C12H12BrFN4S. The van der Waals surface area contributed by atoms with Crippen LogP contribution in [0, 0.1) is 5.82 Å². The third-order valence-corrected chi connectivity index (χ3v) is 3.53. The lowest BCUT2D eigenvalue weighted by Gasteiger charge is -2.09. The molecule has 2 rings (SSSR count). The lowest BCUT2D eigenvalue weighted by molar-refractivity contribution is 0.622. The molecule has 4 nitrogen and oxygen atoms in total. The van der Waals surface area contributed by atoms with Gasteiger partial charge in [0.1, 0.15) is 17.5 Å². The molecule has 0 amide bonds. The standard InChI is InChI=1S/C12H12BrFN4S/c1-15-10-6-11(18-12(17-10)19-2)16-7-3-4-8(13)9(14)5-7/h3-6H,1-2H3,(H2,15,16,17,18). The fraction of sp³-hybridized carbons (Fsp3) is 0.167. The van der Waals surface area contributed by atoms with E-state index in [0.29, 0.717) is 27.0 Å². The molecule has 1 aromatic carbocycles. The van der Waals surface area contributed by atoms with E-state index in [1.165, 1.54) is 17.8 Å². The minimum absolute atomic E-state index is 0.321. The Morgan fingerprint density at radius 3 is 2.58 bits per heavy atom. The molecule has 0 aliphatic rings. The van der Waals surface area contributed by atoms with Crippen molar-refractivity contribution in [2.75, 3.05) is 23.9 Å². The summed E-state index contributed by atoms with van der Waals surface area (Å²) in [6, 6.07) is 6.59. The van der Waals surface area contributed by atoms with E-state index in [2.05, 4.69) is 36.5 Å². The molecule has 0 atom stereocenters. The zero-order chi connectivity index (χ0) is 13.8. The highest BCUT2D eigenvalue weighted by Gasteiger charge is 2.05. The SMILES string of the molecule is CNc1cc(Nc2ccc(Br)c(F)c2)nc(SC)n1. The lowest BCUT2D eigenvalue weighted by Crippen LogP contribution is -2.00. The monoisotopic (exact) mass is 342 g/mol. The average molecular weight is 343 g/mol. The van der Waals surface area contributed by atoms with Gasteiger partial charge in [0.2, 0.25) is 0 Å². The molecule has 1 heterocycles. The number of halogens is 2. The number of aromatic nitrogens is 2. The Bertz CT molecular complexity index is 572. The Morgan fingerprint density at radius 1 is 1.21 bits per heavy atom. The summed E-state index contributed by atoms with van der Waals surface area (Å²) < 4.78 is 13.9. The maximum atomic E-state index is 13.4. The van der Waals surface area contributed by atoms with Crippen molar-refractivity contribution in [2.45, 2.75) is 5.16 Å². The summed E-state index contributed by atoms with van der Waals surface area (Å²) in [5.41, 5.74) is 0.633. The van der Waals surface area contributed by atoms with Crippen LogP contribution in [-0.2, 0) is 0 Å². The number of benzene rings is 1. The molecule has 1 aromatic heterocycles. The third kappa shape index (κ3) is 3.57. The van der Waals surface area contributed by atoms with Gasteiger partial charge in [-0.2, -0.15) is 0 Å². The number of nitrogens with one attached hydrogen (secondary N) is 2. The summed E-state index contributed by atoms with van der Waals surface area (Å²) in [5.74, 6) is 1.00. The van der Waals surface area contributed by atoms with Gasteiger partial charge in [-0.25, -0.2) is 14.4 Å². The summed E-state index contributed by atoms with van der Waals surface area (Å²) >= 11 is 4.56. The lowest BCUT2D eigenvalue weighted by atomic mass is 10.3. The van der Waals surface area contributed by atoms with Crippen LogP contribution in [-0.4, -0.2) is 23.3 Å². The van der Waals surface area contributed by atoms with Crippen LogP contribution in [0.4, 0.5) is 21.7 Å².